The molecule has 0 aliphatic carbocycles. The molecule has 0 heterocycles. The lowest BCUT2D eigenvalue weighted by Gasteiger charge is -2.15. The molecule has 0 aromatic heterocycles. The highest BCUT2D eigenvalue weighted by atomic mass is 35.5. The third kappa shape index (κ3) is 6.68. The molecule has 0 bridgehead atoms. The van der Waals surface area contributed by atoms with Gasteiger partial charge in [0.15, 0.2) is 18.1 Å². The van der Waals surface area contributed by atoms with E-state index in [0.29, 0.717) is 35.3 Å². The van der Waals surface area contributed by atoms with Crippen molar-refractivity contribution in [3.05, 3.63) is 40.9 Å². The molecule has 0 atom stereocenters. The summed E-state index contributed by atoms with van der Waals surface area (Å²) in [6.07, 6.45) is 0. The van der Waals surface area contributed by atoms with Crippen LogP contribution >= 0.6 is 11.6 Å². The Balaban J connectivity index is 2.03. The van der Waals surface area contributed by atoms with Gasteiger partial charge in [-0.1, -0.05) is 25.4 Å². The van der Waals surface area contributed by atoms with E-state index < -0.39 is 18.5 Å². The number of esters is 1. The largest absolute Gasteiger partial charge is 0.497 e. The van der Waals surface area contributed by atoms with E-state index in [1.165, 1.54) is 33.5 Å². The molecule has 0 aliphatic rings. The van der Waals surface area contributed by atoms with Crippen molar-refractivity contribution < 1.29 is 33.3 Å². The molecule has 0 saturated heterocycles. The Hall–Kier alpha value is -3.13. The molecule has 31 heavy (non-hydrogen) atoms. The third-order valence-electron chi connectivity index (χ3n) is 4.04. The minimum Gasteiger partial charge on any atom is -0.497 e. The van der Waals surface area contributed by atoms with Crippen molar-refractivity contribution in [2.45, 2.75) is 13.8 Å². The first kappa shape index (κ1) is 24.1. The van der Waals surface area contributed by atoms with Crippen molar-refractivity contribution >= 4 is 29.2 Å². The maximum absolute atomic E-state index is 12.4. The second-order valence-corrected chi connectivity index (χ2v) is 7.29. The van der Waals surface area contributed by atoms with E-state index in [0.717, 1.165) is 0 Å². The molecule has 2 aromatic carbocycles. The summed E-state index contributed by atoms with van der Waals surface area (Å²) in [4.78, 5) is 24.6. The van der Waals surface area contributed by atoms with Crippen LogP contribution in [0.25, 0.3) is 0 Å². The number of hydrogen-bond acceptors (Lipinski definition) is 7. The first-order valence-electron chi connectivity index (χ1n) is 9.48. The number of carbonyl (C=O) groups is 2. The second-order valence-electron chi connectivity index (χ2n) is 6.88. The van der Waals surface area contributed by atoms with Crippen LogP contribution in [0.1, 0.15) is 24.2 Å². The summed E-state index contributed by atoms with van der Waals surface area (Å²) in [5.74, 6) is 0.652. The van der Waals surface area contributed by atoms with Gasteiger partial charge in [-0.15, -0.1) is 0 Å². The van der Waals surface area contributed by atoms with E-state index in [9.17, 15) is 9.59 Å². The molecule has 0 radical (unpaired) electrons. The zero-order chi connectivity index (χ0) is 23.0. The molecule has 168 valence electrons. The quantitative estimate of drug-likeness (QED) is 0.541. The third-order valence-corrected chi connectivity index (χ3v) is 4.32. The Morgan fingerprint density at radius 2 is 1.71 bits per heavy atom. The molecular formula is C22H26ClNO7. The van der Waals surface area contributed by atoms with Crippen molar-refractivity contribution in [1.82, 2.24) is 0 Å². The van der Waals surface area contributed by atoms with Crippen LogP contribution in [0, 0.1) is 5.92 Å². The average molecular weight is 452 g/mol. The Bertz CT molecular complexity index is 930. The molecule has 0 unspecified atom stereocenters. The van der Waals surface area contributed by atoms with Crippen LogP contribution in [0.5, 0.6) is 23.0 Å². The first-order valence-corrected chi connectivity index (χ1v) is 9.86. The van der Waals surface area contributed by atoms with Crippen molar-refractivity contribution in [3.63, 3.8) is 0 Å². The van der Waals surface area contributed by atoms with E-state index in [4.69, 9.17) is 35.3 Å². The Morgan fingerprint density at radius 3 is 2.32 bits per heavy atom. The van der Waals surface area contributed by atoms with Gasteiger partial charge in [0.25, 0.3) is 5.91 Å². The van der Waals surface area contributed by atoms with E-state index in [2.05, 4.69) is 5.32 Å². The van der Waals surface area contributed by atoms with Crippen LogP contribution < -0.4 is 24.3 Å². The summed E-state index contributed by atoms with van der Waals surface area (Å²) in [5.41, 5.74) is 0.550. The van der Waals surface area contributed by atoms with Crippen LogP contribution in [-0.4, -0.2) is 46.4 Å². The summed E-state index contributed by atoms with van der Waals surface area (Å²) in [6, 6.07) is 7.78. The van der Waals surface area contributed by atoms with E-state index in [1.807, 2.05) is 13.8 Å². The molecule has 2 aromatic rings. The lowest BCUT2D eigenvalue weighted by molar-refractivity contribution is -0.119. The number of ether oxygens (including phenoxy) is 5. The van der Waals surface area contributed by atoms with Gasteiger partial charge in [-0.25, -0.2) is 4.79 Å². The lowest BCUT2D eigenvalue weighted by Crippen LogP contribution is -2.21. The topological polar surface area (TPSA) is 92.3 Å². The van der Waals surface area contributed by atoms with Gasteiger partial charge >= 0.3 is 5.97 Å². The molecule has 0 aliphatic heterocycles. The van der Waals surface area contributed by atoms with Crippen LogP contribution in [0.4, 0.5) is 5.69 Å². The van der Waals surface area contributed by atoms with Crippen molar-refractivity contribution in [2.24, 2.45) is 5.92 Å². The number of anilines is 1. The molecule has 2 rings (SSSR count). The predicted molar refractivity (Wildman–Crippen MR) is 117 cm³/mol. The SMILES string of the molecule is COc1ccc(NC(=O)COC(=O)c2cc(Cl)c(OCC(C)C)c(OC)c2)c(OC)c1. The summed E-state index contributed by atoms with van der Waals surface area (Å²) in [5, 5.41) is 2.83. The number of benzene rings is 2. The van der Waals surface area contributed by atoms with Gasteiger partial charge in [-0.05, 0) is 30.2 Å². The Kier molecular flexibility index (Phi) is 8.81. The van der Waals surface area contributed by atoms with Gasteiger partial charge in [0, 0.05) is 6.07 Å². The number of halogens is 1. The highest BCUT2D eigenvalue weighted by Gasteiger charge is 2.18. The fourth-order valence-electron chi connectivity index (χ4n) is 2.53. The summed E-state index contributed by atoms with van der Waals surface area (Å²) >= 11 is 6.25. The monoisotopic (exact) mass is 451 g/mol. The summed E-state index contributed by atoms with van der Waals surface area (Å²) in [7, 11) is 4.44. The minimum atomic E-state index is -0.729. The molecule has 0 spiro atoms. The molecular weight excluding hydrogens is 426 g/mol. The highest BCUT2D eigenvalue weighted by molar-refractivity contribution is 6.32. The fourth-order valence-corrected chi connectivity index (χ4v) is 2.80. The smallest absolute Gasteiger partial charge is 0.338 e. The van der Waals surface area contributed by atoms with Gasteiger partial charge in [0.1, 0.15) is 11.5 Å². The van der Waals surface area contributed by atoms with Gasteiger partial charge in [-0.2, -0.15) is 0 Å². The van der Waals surface area contributed by atoms with Gasteiger partial charge < -0.3 is 29.0 Å². The number of nitrogens with one attached hydrogen (secondary N) is 1. The zero-order valence-electron chi connectivity index (χ0n) is 18.1. The molecule has 0 fully saturated rings. The Morgan fingerprint density at radius 1 is 1.00 bits per heavy atom. The standard InChI is InChI=1S/C22H26ClNO7/c1-13(2)11-30-21-16(23)8-14(9-19(21)29-5)22(26)31-12-20(25)24-17-7-6-15(27-3)10-18(17)28-4/h6-10,13H,11-12H2,1-5H3,(H,24,25). The lowest BCUT2D eigenvalue weighted by atomic mass is 10.2. The average Bonchev–Trinajstić information content (AvgIpc) is 2.76. The first-order chi connectivity index (χ1) is 14.8. The summed E-state index contributed by atoms with van der Waals surface area (Å²) in [6.45, 7) is 3.94. The molecule has 9 heteroatoms. The second kappa shape index (κ2) is 11.3. The van der Waals surface area contributed by atoms with E-state index in [1.54, 1.807) is 18.2 Å². The van der Waals surface area contributed by atoms with Gasteiger partial charge in [0.2, 0.25) is 0 Å². The maximum Gasteiger partial charge on any atom is 0.338 e. The van der Waals surface area contributed by atoms with Crippen LogP contribution in [0.3, 0.4) is 0 Å². The van der Waals surface area contributed by atoms with E-state index in [-0.39, 0.29) is 16.5 Å². The molecule has 0 saturated carbocycles. The fraction of sp³-hybridized carbons (Fsp3) is 0.364. The maximum atomic E-state index is 12.4. The molecule has 1 amide bonds. The van der Waals surface area contributed by atoms with Crippen LogP contribution in [-0.2, 0) is 9.53 Å². The number of methoxy groups -OCH3 is 3. The number of hydrogen-bond donors (Lipinski definition) is 1. The van der Waals surface area contributed by atoms with Crippen molar-refractivity contribution in [2.75, 3.05) is 39.9 Å². The van der Waals surface area contributed by atoms with Crippen molar-refractivity contribution in [1.29, 1.82) is 0 Å². The van der Waals surface area contributed by atoms with Crippen LogP contribution in [0.2, 0.25) is 5.02 Å². The minimum absolute atomic E-state index is 0.133. The zero-order valence-corrected chi connectivity index (χ0v) is 18.9. The Labute approximate surface area is 186 Å². The molecule has 8 nitrogen and oxygen atoms in total. The van der Waals surface area contributed by atoms with Crippen LogP contribution in [0.15, 0.2) is 30.3 Å². The highest BCUT2D eigenvalue weighted by Crippen LogP contribution is 2.37. The molecule has 1 N–H and O–H groups in total. The van der Waals surface area contributed by atoms with Gasteiger partial charge in [-0.3, -0.25) is 4.79 Å². The normalized spacial score (nSPS) is 10.4. The predicted octanol–water partition coefficient (Wildman–Crippen LogP) is 4.20. The number of carbonyl (C=O) groups excluding carboxylic acids is 2. The van der Waals surface area contributed by atoms with E-state index >= 15 is 0 Å². The number of rotatable bonds is 10. The summed E-state index contributed by atoms with van der Waals surface area (Å²) < 4.78 is 26.4. The van der Waals surface area contributed by atoms with Crippen molar-refractivity contribution in [3.8, 4) is 23.0 Å². The number of amides is 1. The van der Waals surface area contributed by atoms with Gasteiger partial charge in [0.05, 0.1) is 44.2 Å².